The number of morpholine rings is 1. The fourth-order valence-corrected chi connectivity index (χ4v) is 2.36. The molecule has 116 valence electrons. The average Bonchev–Trinajstić information content (AvgIpc) is 2.45. The second-order valence-electron chi connectivity index (χ2n) is 6.44. The van der Waals surface area contributed by atoms with Gasteiger partial charge < -0.3 is 14.4 Å². The average molecular weight is 291 g/mol. The molecule has 2 rings (SSSR count). The molecule has 1 aliphatic heterocycles. The zero-order chi connectivity index (χ0) is 15.3. The fourth-order valence-electron chi connectivity index (χ4n) is 2.36. The maximum Gasteiger partial charge on any atom is 0.410 e. The van der Waals surface area contributed by atoms with Gasteiger partial charge in [0.05, 0.1) is 19.3 Å². The van der Waals surface area contributed by atoms with Gasteiger partial charge in [-0.1, -0.05) is 30.3 Å². The molecule has 1 heterocycles. The van der Waals surface area contributed by atoms with E-state index >= 15 is 0 Å². The molecule has 4 nitrogen and oxygen atoms in total. The van der Waals surface area contributed by atoms with Crippen LogP contribution in [0, 0.1) is 0 Å². The van der Waals surface area contributed by atoms with Gasteiger partial charge in [-0.2, -0.15) is 0 Å². The van der Waals surface area contributed by atoms with Crippen LogP contribution in [0.5, 0.6) is 0 Å². The van der Waals surface area contributed by atoms with Gasteiger partial charge in [0.15, 0.2) is 0 Å². The third-order valence-electron chi connectivity index (χ3n) is 3.39. The van der Waals surface area contributed by atoms with Crippen LogP contribution in [0.15, 0.2) is 30.3 Å². The monoisotopic (exact) mass is 291 g/mol. The minimum Gasteiger partial charge on any atom is -0.444 e. The predicted octanol–water partition coefficient (Wildman–Crippen LogP) is 3.26. The molecule has 0 saturated carbocycles. The second kappa shape index (κ2) is 6.94. The van der Waals surface area contributed by atoms with E-state index in [1.54, 1.807) is 4.90 Å². The van der Waals surface area contributed by atoms with Gasteiger partial charge in [0, 0.05) is 6.54 Å². The number of aryl methyl sites for hydroxylation is 1. The Bertz CT molecular complexity index is 453. The number of nitrogens with zero attached hydrogens (tertiary/aromatic N) is 1. The van der Waals surface area contributed by atoms with E-state index in [2.05, 4.69) is 12.1 Å². The largest absolute Gasteiger partial charge is 0.444 e. The van der Waals surface area contributed by atoms with Crippen LogP contribution in [0.2, 0.25) is 0 Å². The number of carbonyl (C=O) groups is 1. The zero-order valence-corrected chi connectivity index (χ0v) is 13.2. The minimum absolute atomic E-state index is 0.0893. The molecule has 1 saturated heterocycles. The number of rotatable bonds is 3. The van der Waals surface area contributed by atoms with Crippen LogP contribution in [0.1, 0.15) is 32.8 Å². The fraction of sp³-hybridized carbons (Fsp3) is 0.588. The molecule has 1 fully saturated rings. The van der Waals surface area contributed by atoms with E-state index in [0.29, 0.717) is 19.7 Å². The van der Waals surface area contributed by atoms with E-state index in [1.165, 1.54) is 5.56 Å². The molecule has 1 aromatic carbocycles. The topological polar surface area (TPSA) is 38.8 Å². The molecule has 0 spiro atoms. The molecular formula is C17H25NO3. The van der Waals surface area contributed by atoms with Gasteiger partial charge in [-0.05, 0) is 39.2 Å². The molecule has 21 heavy (non-hydrogen) atoms. The van der Waals surface area contributed by atoms with Crippen molar-refractivity contribution < 1.29 is 14.3 Å². The standard InChI is InChI=1S/C17H25NO3/c1-17(2,3)21-16(19)18-11-12-20-15(13-18)10-9-14-7-5-4-6-8-14/h4-8,15H,9-13H2,1-3H3. The first-order chi connectivity index (χ1) is 9.94. The molecule has 1 aliphatic rings. The third kappa shape index (κ3) is 5.38. The highest BCUT2D eigenvalue weighted by molar-refractivity contribution is 5.68. The van der Waals surface area contributed by atoms with Crippen molar-refractivity contribution in [2.45, 2.75) is 45.3 Å². The molecule has 0 bridgehead atoms. The summed E-state index contributed by atoms with van der Waals surface area (Å²) in [5.41, 5.74) is 0.852. The van der Waals surface area contributed by atoms with Crippen LogP contribution in [-0.2, 0) is 15.9 Å². The van der Waals surface area contributed by atoms with E-state index in [1.807, 2.05) is 39.0 Å². The van der Waals surface area contributed by atoms with Crippen LogP contribution < -0.4 is 0 Å². The van der Waals surface area contributed by atoms with Gasteiger partial charge in [-0.25, -0.2) is 4.79 Å². The molecular weight excluding hydrogens is 266 g/mol. The number of carbonyl (C=O) groups excluding carboxylic acids is 1. The highest BCUT2D eigenvalue weighted by atomic mass is 16.6. The van der Waals surface area contributed by atoms with Gasteiger partial charge in [-0.3, -0.25) is 0 Å². The van der Waals surface area contributed by atoms with E-state index in [4.69, 9.17) is 9.47 Å². The van der Waals surface area contributed by atoms with Crippen LogP contribution in [0.4, 0.5) is 4.79 Å². The van der Waals surface area contributed by atoms with Crippen LogP contribution in [0.25, 0.3) is 0 Å². The summed E-state index contributed by atoms with van der Waals surface area (Å²) < 4.78 is 11.2. The first-order valence-electron chi connectivity index (χ1n) is 7.57. The summed E-state index contributed by atoms with van der Waals surface area (Å²) in [6.45, 7) is 7.46. The summed E-state index contributed by atoms with van der Waals surface area (Å²) in [4.78, 5) is 13.8. The summed E-state index contributed by atoms with van der Waals surface area (Å²) in [7, 11) is 0. The zero-order valence-electron chi connectivity index (χ0n) is 13.2. The maximum atomic E-state index is 12.1. The second-order valence-corrected chi connectivity index (χ2v) is 6.44. The molecule has 4 heteroatoms. The Labute approximate surface area is 127 Å². The number of hydrogen-bond donors (Lipinski definition) is 0. The van der Waals surface area contributed by atoms with Crippen molar-refractivity contribution in [2.75, 3.05) is 19.7 Å². The quantitative estimate of drug-likeness (QED) is 0.858. The molecule has 0 aliphatic carbocycles. The van der Waals surface area contributed by atoms with Gasteiger partial charge in [-0.15, -0.1) is 0 Å². The van der Waals surface area contributed by atoms with Crippen LogP contribution in [-0.4, -0.2) is 42.4 Å². The molecule has 1 aromatic rings. The van der Waals surface area contributed by atoms with Crippen molar-refractivity contribution in [2.24, 2.45) is 0 Å². The Hall–Kier alpha value is -1.55. The van der Waals surface area contributed by atoms with Crippen molar-refractivity contribution >= 4 is 6.09 Å². The van der Waals surface area contributed by atoms with Crippen molar-refractivity contribution in [3.05, 3.63) is 35.9 Å². The lowest BCUT2D eigenvalue weighted by Gasteiger charge is -2.34. The van der Waals surface area contributed by atoms with Crippen molar-refractivity contribution in [3.8, 4) is 0 Å². The van der Waals surface area contributed by atoms with E-state index in [0.717, 1.165) is 12.8 Å². The Morgan fingerprint density at radius 1 is 1.33 bits per heavy atom. The lowest BCUT2D eigenvalue weighted by atomic mass is 10.1. The van der Waals surface area contributed by atoms with Crippen LogP contribution in [0.3, 0.4) is 0 Å². The van der Waals surface area contributed by atoms with E-state index < -0.39 is 5.60 Å². The Kier molecular flexibility index (Phi) is 5.23. The summed E-state index contributed by atoms with van der Waals surface area (Å²) in [6.07, 6.45) is 1.73. The van der Waals surface area contributed by atoms with E-state index in [9.17, 15) is 4.79 Å². The highest BCUT2D eigenvalue weighted by Crippen LogP contribution is 2.16. The third-order valence-corrected chi connectivity index (χ3v) is 3.39. The van der Waals surface area contributed by atoms with E-state index in [-0.39, 0.29) is 12.2 Å². The molecule has 0 aromatic heterocycles. The SMILES string of the molecule is CC(C)(C)OC(=O)N1CCOC(CCc2ccccc2)C1. The van der Waals surface area contributed by atoms with Gasteiger partial charge >= 0.3 is 6.09 Å². The number of amides is 1. The Morgan fingerprint density at radius 3 is 2.71 bits per heavy atom. The molecule has 0 radical (unpaired) electrons. The lowest BCUT2D eigenvalue weighted by molar-refractivity contribution is -0.0443. The number of benzene rings is 1. The molecule has 0 N–H and O–H groups in total. The van der Waals surface area contributed by atoms with Gasteiger partial charge in [0.1, 0.15) is 5.60 Å². The summed E-state index contributed by atoms with van der Waals surface area (Å²) in [5, 5.41) is 0. The summed E-state index contributed by atoms with van der Waals surface area (Å²) in [5.74, 6) is 0. The normalized spacial score (nSPS) is 19.4. The Balaban J connectivity index is 1.82. The maximum absolute atomic E-state index is 12.1. The Morgan fingerprint density at radius 2 is 2.05 bits per heavy atom. The summed E-state index contributed by atoms with van der Waals surface area (Å²) in [6, 6.07) is 10.3. The van der Waals surface area contributed by atoms with Gasteiger partial charge in [0.25, 0.3) is 0 Å². The predicted molar refractivity (Wildman–Crippen MR) is 82.3 cm³/mol. The molecule has 1 unspecified atom stereocenters. The number of hydrogen-bond acceptors (Lipinski definition) is 3. The highest BCUT2D eigenvalue weighted by Gasteiger charge is 2.27. The van der Waals surface area contributed by atoms with Gasteiger partial charge in [0.2, 0.25) is 0 Å². The lowest BCUT2D eigenvalue weighted by Crippen LogP contribution is -2.47. The smallest absolute Gasteiger partial charge is 0.410 e. The molecule has 1 atom stereocenters. The van der Waals surface area contributed by atoms with Crippen molar-refractivity contribution in [1.29, 1.82) is 0 Å². The van der Waals surface area contributed by atoms with Crippen molar-refractivity contribution in [1.82, 2.24) is 4.90 Å². The minimum atomic E-state index is -0.449. The number of ether oxygens (including phenoxy) is 2. The van der Waals surface area contributed by atoms with Crippen molar-refractivity contribution in [3.63, 3.8) is 0 Å². The first kappa shape index (κ1) is 15.8. The van der Waals surface area contributed by atoms with Crippen LogP contribution >= 0.6 is 0 Å². The summed E-state index contributed by atoms with van der Waals surface area (Å²) >= 11 is 0. The first-order valence-corrected chi connectivity index (χ1v) is 7.57. The molecule has 1 amide bonds.